The predicted octanol–water partition coefficient (Wildman–Crippen LogP) is 1.80. The van der Waals surface area contributed by atoms with Crippen molar-refractivity contribution in [3.8, 4) is 5.69 Å². The number of amides is 1. The molecule has 1 aliphatic heterocycles. The lowest BCUT2D eigenvalue weighted by Gasteiger charge is -2.32. The van der Waals surface area contributed by atoms with Crippen LogP contribution in [0.1, 0.15) is 37.2 Å². The minimum atomic E-state index is -3.23. The van der Waals surface area contributed by atoms with Gasteiger partial charge in [-0.05, 0) is 38.8 Å². The van der Waals surface area contributed by atoms with Gasteiger partial charge in [0, 0.05) is 31.0 Å². The summed E-state index contributed by atoms with van der Waals surface area (Å²) >= 11 is 0. The number of nitrogens with zero attached hydrogens (tertiary/aromatic N) is 3. The summed E-state index contributed by atoms with van der Waals surface area (Å²) in [4.78, 5) is 16.6. The van der Waals surface area contributed by atoms with Gasteiger partial charge in [-0.1, -0.05) is 18.2 Å². The van der Waals surface area contributed by atoms with Gasteiger partial charge in [0.15, 0.2) is 0 Å². The minimum Gasteiger partial charge on any atom is -0.348 e. The van der Waals surface area contributed by atoms with Gasteiger partial charge in [-0.2, -0.15) is 0 Å². The van der Waals surface area contributed by atoms with E-state index in [1.807, 2.05) is 30.3 Å². The molecule has 7 nitrogen and oxygen atoms in total. The first-order valence-corrected chi connectivity index (χ1v) is 10.3. The number of imidazole rings is 1. The zero-order valence-electron chi connectivity index (χ0n) is 15.0. The summed E-state index contributed by atoms with van der Waals surface area (Å²) in [7, 11) is -3.23. The highest BCUT2D eigenvalue weighted by molar-refractivity contribution is 7.89. The molecule has 0 aliphatic carbocycles. The number of carbonyl (C=O) groups excluding carboxylic acids is 1. The van der Waals surface area contributed by atoms with Gasteiger partial charge in [0.05, 0.1) is 5.25 Å². The van der Waals surface area contributed by atoms with Gasteiger partial charge in [0.25, 0.3) is 5.91 Å². The summed E-state index contributed by atoms with van der Waals surface area (Å²) in [6.07, 6.45) is 4.53. The number of benzene rings is 1. The lowest BCUT2D eigenvalue weighted by atomic mass is 10.1. The summed E-state index contributed by atoms with van der Waals surface area (Å²) in [5.41, 5.74) is 1.29. The maximum Gasteiger partial charge on any atom is 0.271 e. The Labute approximate surface area is 154 Å². The Morgan fingerprint density at radius 2 is 1.85 bits per heavy atom. The Hall–Kier alpha value is -2.19. The van der Waals surface area contributed by atoms with Crippen LogP contribution in [0.15, 0.2) is 42.9 Å². The van der Waals surface area contributed by atoms with Crippen LogP contribution in [-0.2, 0) is 10.0 Å². The van der Waals surface area contributed by atoms with Crippen molar-refractivity contribution < 1.29 is 13.2 Å². The second-order valence-corrected chi connectivity index (χ2v) is 9.23. The molecular formula is C18H24N4O3S. The third-order valence-corrected chi connectivity index (χ3v) is 6.89. The molecule has 2 heterocycles. The second-order valence-electron chi connectivity index (χ2n) is 6.74. The molecular weight excluding hydrogens is 352 g/mol. The van der Waals surface area contributed by atoms with Crippen molar-refractivity contribution >= 4 is 15.9 Å². The number of carbonyl (C=O) groups is 1. The molecule has 0 spiro atoms. The molecule has 3 rings (SSSR count). The number of piperidine rings is 1. The summed E-state index contributed by atoms with van der Waals surface area (Å²) in [6, 6.07) is 9.62. The Bertz CT molecular complexity index is 854. The molecule has 140 valence electrons. The van der Waals surface area contributed by atoms with Crippen LogP contribution in [0.4, 0.5) is 0 Å². The van der Waals surface area contributed by atoms with E-state index in [0.717, 1.165) is 5.69 Å². The molecule has 1 aromatic heterocycles. The number of nitrogens with one attached hydrogen (secondary N) is 1. The van der Waals surface area contributed by atoms with Crippen molar-refractivity contribution in [3.63, 3.8) is 0 Å². The summed E-state index contributed by atoms with van der Waals surface area (Å²) in [5.74, 6) is -0.232. The Morgan fingerprint density at radius 3 is 2.46 bits per heavy atom. The maximum absolute atomic E-state index is 12.4. The first kappa shape index (κ1) is 18.6. The van der Waals surface area contributed by atoms with Gasteiger partial charge < -0.3 is 9.88 Å². The molecule has 1 saturated heterocycles. The molecule has 0 unspecified atom stereocenters. The first-order valence-electron chi connectivity index (χ1n) is 8.77. The third-order valence-electron chi connectivity index (χ3n) is 4.61. The van der Waals surface area contributed by atoms with E-state index in [-0.39, 0.29) is 11.9 Å². The highest BCUT2D eigenvalue weighted by Crippen LogP contribution is 2.17. The fourth-order valence-corrected chi connectivity index (χ4v) is 4.31. The van der Waals surface area contributed by atoms with Crippen LogP contribution in [0.25, 0.3) is 5.69 Å². The standard InChI is InChI=1S/C18H24N4O3S/c1-14(2)26(24,25)22-10-8-15(9-11-22)20-18(23)17-12-21(13-19-17)16-6-4-3-5-7-16/h3-7,12-15H,8-11H2,1-2H3,(H,20,23). The van der Waals surface area contributed by atoms with E-state index in [1.54, 1.807) is 30.9 Å². The van der Waals surface area contributed by atoms with Gasteiger partial charge in [0.1, 0.15) is 12.0 Å². The number of aromatic nitrogens is 2. The van der Waals surface area contributed by atoms with Crippen LogP contribution in [0.3, 0.4) is 0 Å². The molecule has 8 heteroatoms. The fourth-order valence-electron chi connectivity index (χ4n) is 2.99. The van der Waals surface area contributed by atoms with Crippen molar-refractivity contribution in [2.75, 3.05) is 13.1 Å². The maximum atomic E-state index is 12.4. The molecule has 0 saturated carbocycles. The summed E-state index contributed by atoms with van der Waals surface area (Å²) in [5, 5.41) is 2.54. The van der Waals surface area contributed by atoms with Crippen molar-refractivity contribution in [3.05, 3.63) is 48.5 Å². The van der Waals surface area contributed by atoms with Crippen LogP contribution in [-0.4, -0.2) is 52.6 Å². The van der Waals surface area contributed by atoms with Crippen molar-refractivity contribution in [2.45, 2.75) is 38.0 Å². The summed E-state index contributed by atoms with van der Waals surface area (Å²) < 4.78 is 27.7. The molecule has 1 amide bonds. The SMILES string of the molecule is CC(C)S(=O)(=O)N1CCC(NC(=O)c2cn(-c3ccccc3)cn2)CC1. The van der Waals surface area contributed by atoms with Crippen LogP contribution in [0.2, 0.25) is 0 Å². The van der Waals surface area contributed by atoms with E-state index in [1.165, 1.54) is 4.31 Å². The minimum absolute atomic E-state index is 0.0389. The largest absolute Gasteiger partial charge is 0.348 e. The van der Waals surface area contributed by atoms with Gasteiger partial charge in [-0.15, -0.1) is 0 Å². The molecule has 0 radical (unpaired) electrons. The van der Waals surface area contributed by atoms with Gasteiger partial charge >= 0.3 is 0 Å². The molecule has 1 N–H and O–H groups in total. The van der Waals surface area contributed by atoms with E-state index in [0.29, 0.717) is 31.6 Å². The normalized spacial score (nSPS) is 16.7. The smallest absolute Gasteiger partial charge is 0.271 e. The van der Waals surface area contributed by atoms with Gasteiger partial charge in [-0.3, -0.25) is 4.79 Å². The fraction of sp³-hybridized carbons (Fsp3) is 0.444. The highest BCUT2D eigenvalue weighted by atomic mass is 32.2. The first-order chi connectivity index (χ1) is 12.4. The summed E-state index contributed by atoms with van der Waals surface area (Å²) in [6.45, 7) is 4.24. The Kier molecular flexibility index (Phi) is 5.43. The number of para-hydroxylation sites is 1. The average Bonchev–Trinajstić information content (AvgIpc) is 3.13. The quantitative estimate of drug-likeness (QED) is 0.862. The van der Waals surface area contributed by atoms with Gasteiger partial charge in [0.2, 0.25) is 10.0 Å². The lowest BCUT2D eigenvalue weighted by Crippen LogP contribution is -2.48. The van der Waals surface area contributed by atoms with E-state index in [2.05, 4.69) is 10.3 Å². The zero-order chi connectivity index (χ0) is 18.7. The number of hydrogen-bond acceptors (Lipinski definition) is 4. The Morgan fingerprint density at radius 1 is 1.19 bits per heavy atom. The van der Waals surface area contributed by atoms with Crippen LogP contribution in [0.5, 0.6) is 0 Å². The average molecular weight is 376 g/mol. The predicted molar refractivity (Wildman–Crippen MR) is 99.7 cm³/mol. The second kappa shape index (κ2) is 7.59. The van der Waals surface area contributed by atoms with Crippen molar-refractivity contribution in [1.29, 1.82) is 0 Å². The Balaban J connectivity index is 1.58. The van der Waals surface area contributed by atoms with E-state index in [4.69, 9.17) is 0 Å². The van der Waals surface area contributed by atoms with Crippen LogP contribution >= 0.6 is 0 Å². The zero-order valence-corrected chi connectivity index (χ0v) is 15.8. The highest BCUT2D eigenvalue weighted by Gasteiger charge is 2.30. The molecule has 1 aromatic carbocycles. The molecule has 1 aliphatic rings. The number of sulfonamides is 1. The number of rotatable bonds is 5. The van der Waals surface area contributed by atoms with Gasteiger partial charge in [-0.25, -0.2) is 17.7 Å². The van der Waals surface area contributed by atoms with E-state index < -0.39 is 15.3 Å². The van der Waals surface area contributed by atoms with E-state index >= 15 is 0 Å². The van der Waals surface area contributed by atoms with Crippen molar-refractivity contribution in [2.24, 2.45) is 0 Å². The molecule has 0 atom stereocenters. The van der Waals surface area contributed by atoms with Crippen molar-refractivity contribution in [1.82, 2.24) is 19.2 Å². The van der Waals surface area contributed by atoms with E-state index in [9.17, 15) is 13.2 Å². The molecule has 1 fully saturated rings. The topological polar surface area (TPSA) is 84.3 Å². The lowest BCUT2D eigenvalue weighted by molar-refractivity contribution is 0.0919. The molecule has 2 aromatic rings. The monoisotopic (exact) mass is 376 g/mol. The van der Waals surface area contributed by atoms with Crippen LogP contribution in [0, 0.1) is 0 Å². The third kappa shape index (κ3) is 3.96. The molecule has 26 heavy (non-hydrogen) atoms. The van der Waals surface area contributed by atoms with Crippen LogP contribution < -0.4 is 5.32 Å². The number of hydrogen-bond donors (Lipinski definition) is 1. The molecule has 0 bridgehead atoms.